The van der Waals surface area contributed by atoms with Crippen molar-refractivity contribution in [3.63, 3.8) is 0 Å². The summed E-state index contributed by atoms with van der Waals surface area (Å²) in [6.45, 7) is 2.95. The summed E-state index contributed by atoms with van der Waals surface area (Å²) in [7, 11) is 0. The van der Waals surface area contributed by atoms with Gasteiger partial charge in [-0.15, -0.1) is 11.3 Å². The maximum atomic E-state index is 11.9. The van der Waals surface area contributed by atoms with Gasteiger partial charge in [-0.1, -0.05) is 19.8 Å². The first-order valence-corrected chi connectivity index (χ1v) is 7.49. The zero-order chi connectivity index (χ0) is 13.8. The smallest absolute Gasteiger partial charge is 0.345 e. The molecule has 1 fully saturated rings. The molecule has 2 N–H and O–H groups in total. The molecule has 4 nitrogen and oxygen atoms in total. The van der Waals surface area contributed by atoms with Gasteiger partial charge in [0, 0.05) is 6.54 Å². The molecule has 0 bridgehead atoms. The third-order valence-corrected chi connectivity index (χ3v) is 4.71. The Morgan fingerprint density at radius 3 is 2.74 bits per heavy atom. The van der Waals surface area contributed by atoms with Crippen LogP contribution in [-0.4, -0.2) is 23.5 Å². The Bertz CT molecular complexity index is 469. The molecule has 2 atom stereocenters. The second-order valence-corrected chi connectivity index (χ2v) is 6.40. The van der Waals surface area contributed by atoms with E-state index in [-0.39, 0.29) is 10.8 Å². The number of carbonyl (C=O) groups excluding carboxylic acids is 1. The van der Waals surface area contributed by atoms with E-state index in [4.69, 9.17) is 5.11 Å². The average molecular weight is 281 g/mol. The number of hydrogen-bond donors (Lipinski definition) is 2. The van der Waals surface area contributed by atoms with Gasteiger partial charge < -0.3 is 10.4 Å². The van der Waals surface area contributed by atoms with Crippen LogP contribution in [0.5, 0.6) is 0 Å². The molecular weight excluding hydrogens is 262 g/mol. The third kappa shape index (κ3) is 3.80. The summed E-state index contributed by atoms with van der Waals surface area (Å²) in [5.41, 5.74) is 0. The first-order valence-electron chi connectivity index (χ1n) is 6.67. The van der Waals surface area contributed by atoms with E-state index >= 15 is 0 Å². The van der Waals surface area contributed by atoms with Crippen molar-refractivity contribution in [3.8, 4) is 0 Å². The lowest BCUT2D eigenvalue weighted by Gasteiger charge is -2.26. The van der Waals surface area contributed by atoms with E-state index in [1.165, 1.54) is 31.7 Å². The van der Waals surface area contributed by atoms with Gasteiger partial charge in [0.25, 0.3) is 5.91 Å². The van der Waals surface area contributed by atoms with Crippen molar-refractivity contribution in [1.82, 2.24) is 5.32 Å². The van der Waals surface area contributed by atoms with E-state index in [9.17, 15) is 9.59 Å². The molecule has 0 aliphatic heterocycles. The van der Waals surface area contributed by atoms with Gasteiger partial charge in [-0.25, -0.2) is 4.79 Å². The molecule has 1 amide bonds. The largest absolute Gasteiger partial charge is 0.477 e. The van der Waals surface area contributed by atoms with E-state index < -0.39 is 5.97 Å². The lowest BCUT2D eigenvalue weighted by Crippen LogP contribution is -2.31. The van der Waals surface area contributed by atoms with Gasteiger partial charge in [0.15, 0.2) is 0 Å². The zero-order valence-electron chi connectivity index (χ0n) is 11.0. The first-order chi connectivity index (χ1) is 9.06. The third-order valence-electron chi connectivity index (χ3n) is 3.64. The highest BCUT2D eigenvalue weighted by molar-refractivity contribution is 7.15. The number of carboxylic acid groups (broad SMARTS) is 1. The molecule has 1 aromatic heterocycles. The van der Waals surface area contributed by atoms with Gasteiger partial charge in [0.1, 0.15) is 4.88 Å². The van der Waals surface area contributed by atoms with Crippen LogP contribution in [-0.2, 0) is 0 Å². The van der Waals surface area contributed by atoms with Crippen LogP contribution >= 0.6 is 11.3 Å². The molecule has 2 rings (SSSR count). The van der Waals surface area contributed by atoms with E-state index in [1.807, 2.05) is 0 Å². The molecule has 1 aromatic rings. The fraction of sp³-hybridized carbons (Fsp3) is 0.571. The molecule has 0 radical (unpaired) electrons. The number of thiophene rings is 1. The van der Waals surface area contributed by atoms with Crippen molar-refractivity contribution < 1.29 is 14.7 Å². The van der Waals surface area contributed by atoms with Gasteiger partial charge >= 0.3 is 5.97 Å². The SMILES string of the molecule is CC1CCCC(CNC(=O)c2ccc(C(=O)O)s2)C1. The standard InChI is InChI=1S/C14H19NO3S/c1-9-3-2-4-10(7-9)8-15-13(16)11-5-6-12(19-11)14(17)18/h5-6,9-10H,2-4,7-8H2,1H3,(H,15,16)(H,17,18). The Balaban J connectivity index is 1.85. The minimum atomic E-state index is -0.981. The van der Waals surface area contributed by atoms with Crippen LogP contribution in [0.4, 0.5) is 0 Å². The molecule has 0 spiro atoms. The Morgan fingerprint density at radius 1 is 1.37 bits per heavy atom. The molecule has 1 saturated carbocycles. The van der Waals surface area contributed by atoms with Gasteiger partial charge in [-0.2, -0.15) is 0 Å². The van der Waals surface area contributed by atoms with E-state index in [0.29, 0.717) is 17.3 Å². The van der Waals surface area contributed by atoms with E-state index in [2.05, 4.69) is 12.2 Å². The van der Waals surface area contributed by atoms with Crippen LogP contribution in [0.15, 0.2) is 12.1 Å². The van der Waals surface area contributed by atoms with Crippen LogP contribution in [0.2, 0.25) is 0 Å². The van der Waals surface area contributed by atoms with Crippen LogP contribution in [0.25, 0.3) is 0 Å². The minimum absolute atomic E-state index is 0.157. The summed E-state index contributed by atoms with van der Waals surface area (Å²) in [6, 6.07) is 3.05. The van der Waals surface area contributed by atoms with Crippen LogP contribution in [0, 0.1) is 11.8 Å². The van der Waals surface area contributed by atoms with E-state index in [1.54, 1.807) is 6.07 Å². The normalized spacial score (nSPS) is 23.0. The Morgan fingerprint density at radius 2 is 2.11 bits per heavy atom. The molecule has 19 heavy (non-hydrogen) atoms. The molecule has 1 aliphatic carbocycles. The molecule has 104 valence electrons. The number of carboxylic acids is 1. The highest BCUT2D eigenvalue weighted by Gasteiger charge is 2.20. The molecule has 5 heteroatoms. The summed E-state index contributed by atoms with van der Waals surface area (Å²) in [5, 5.41) is 11.7. The Labute approximate surface area is 116 Å². The van der Waals surface area contributed by atoms with Crippen molar-refractivity contribution in [2.75, 3.05) is 6.54 Å². The average Bonchev–Trinajstić information content (AvgIpc) is 2.86. The number of hydrogen-bond acceptors (Lipinski definition) is 3. The van der Waals surface area contributed by atoms with Gasteiger partial charge in [-0.3, -0.25) is 4.79 Å². The molecular formula is C14H19NO3S. The summed E-state index contributed by atoms with van der Waals surface area (Å²) in [4.78, 5) is 23.3. The monoisotopic (exact) mass is 281 g/mol. The van der Waals surface area contributed by atoms with E-state index in [0.717, 1.165) is 17.3 Å². The molecule has 1 heterocycles. The number of aromatic carboxylic acids is 1. The number of carbonyl (C=O) groups is 2. The number of amides is 1. The van der Waals surface area contributed by atoms with Crippen LogP contribution in [0.1, 0.15) is 52.0 Å². The van der Waals surface area contributed by atoms with Gasteiger partial charge in [-0.05, 0) is 36.8 Å². The lowest BCUT2D eigenvalue weighted by molar-refractivity contribution is 0.0702. The Kier molecular flexibility index (Phi) is 4.58. The highest BCUT2D eigenvalue weighted by Crippen LogP contribution is 2.28. The Hall–Kier alpha value is -1.36. The number of rotatable bonds is 4. The minimum Gasteiger partial charge on any atom is -0.477 e. The predicted octanol–water partition coefficient (Wildman–Crippen LogP) is 3.00. The van der Waals surface area contributed by atoms with Crippen LogP contribution in [0.3, 0.4) is 0 Å². The zero-order valence-corrected chi connectivity index (χ0v) is 11.8. The first kappa shape index (κ1) is 14.1. The van der Waals surface area contributed by atoms with Crippen LogP contribution < -0.4 is 5.32 Å². The maximum absolute atomic E-state index is 11.9. The quantitative estimate of drug-likeness (QED) is 0.891. The summed E-state index contributed by atoms with van der Waals surface area (Å²) in [5.74, 6) is 0.170. The fourth-order valence-electron chi connectivity index (χ4n) is 2.64. The fourth-order valence-corrected chi connectivity index (χ4v) is 3.41. The lowest BCUT2D eigenvalue weighted by atomic mass is 9.82. The maximum Gasteiger partial charge on any atom is 0.345 e. The van der Waals surface area contributed by atoms with Gasteiger partial charge in [0.05, 0.1) is 4.88 Å². The summed E-state index contributed by atoms with van der Waals surface area (Å²) < 4.78 is 0. The van der Waals surface area contributed by atoms with Gasteiger partial charge in [0.2, 0.25) is 0 Å². The molecule has 1 aliphatic rings. The summed E-state index contributed by atoms with van der Waals surface area (Å²) >= 11 is 1.02. The predicted molar refractivity (Wildman–Crippen MR) is 74.7 cm³/mol. The van der Waals surface area contributed by atoms with Crippen molar-refractivity contribution in [2.45, 2.75) is 32.6 Å². The number of nitrogens with one attached hydrogen (secondary N) is 1. The summed E-state index contributed by atoms with van der Waals surface area (Å²) in [6.07, 6.45) is 4.88. The van der Waals surface area contributed by atoms with Crippen molar-refractivity contribution in [3.05, 3.63) is 21.9 Å². The van der Waals surface area contributed by atoms with Crippen molar-refractivity contribution >= 4 is 23.2 Å². The second kappa shape index (κ2) is 6.19. The highest BCUT2D eigenvalue weighted by atomic mass is 32.1. The topological polar surface area (TPSA) is 66.4 Å². The van der Waals surface area contributed by atoms with Crippen molar-refractivity contribution in [2.24, 2.45) is 11.8 Å². The molecule has 2 unspecified atom stereocenters. The molecule has 0 saturated heterocycles. The molecule has 0 aromatic carbocycles. The second-order valence-electron chi connectivity index (χ2n) is 5.32. The van der Waals surface area contributed by atoms with Crippen molar-refractivity contribution in [1.29, 1.82) is 0 Å².